The van der Waals surface area contributed by atoms with Crippen LogP contribution in [0.5, 0.6) is 5.75 Å². The highest BCUT2D eigenvalue weighted by Crippen LogP contribution is 2.40. The Morgan fingerprint density at radius 1 is 0.931 bits per heavy atom. The largest absolute Gasteiger partial charge is 0.493 e. The average molecular weight is 380 g/mol. The van der Waals surface area contributed by atoms with Crippen molar-refractivity contribution in [2.45, 2.75) is 25.4 Å². The highest BCUT2D eigenvalue weighted by atomic mass is 16.5. The lowest BCUT2D eigenvalue weighted by Crippen LogP contribution is -2.35. The van der Waals surface area contributed by atoms with Gasteiger partial charge in [0.1, 0.15) is 5.75 Å². The minimum Gasteiger partial charge on any atom is -0.493 e. The quantitative estimate of drug-likeness (QED) is 0.526. The summed E-state index contributed by atoms with van der Waals surface area (Å²) in [6.45, 7) is 2.81. The van der Waals surface area contributed by atoms with Crippen molar-refractivity contribution < 1.29 is 4.74 Å². The molecule has 0 radical (unpaired) electrons. The molecule has 0 aliphatic carbocycles. The highest BCUT2D eigenvalue weighted by Gasteiger charge is 2.32. The molecule has 4 aromatic rings. The fourth-order valence-corrected chi connectivity index (χ4v) is 5.03. The van der Waals surface area contributed by atoms with Crippen molar-refractivity contribution >= 4 is 10.9 Å². The predicted octanol–water partition coefficient (Wildman–Crippen LogP) is 5.25. The van der Waals surface area contributed by atoms with E-state index in [2.05, 4.69) is 82.7 Å². The van der Waals surface area contributed by atoms with Crippen molar-refractivity contribution in [3.8, 4) is 5.75 Å². The zero-order valence-corrected chi connectivity index (χ0v) is 16.4. The number of para-hydroxylation sites is 1. The molecule has 3 aromatic carbocycles. The van der Waals surface area contributed by atoms with Crippen molar-refractivity contribution in [1.82, 2.24) is 9.88 Å². The number of fused-ring (bicyclic) bond motifs is 4. The van der Waals surface area contributed by atoms with Crippen LogP contribution in [-0.4, -0.2) is 23.0 Å². The number of rotatable bonds is 3. The third-order valence-corrected chi connectivity index (χ3v) is 6.39. The second kappa shape index (κ2) is 6.78. The summed E-state index contributed by atoms with van der Waals surface area (Å²) in [7, 11) is 0. The minimum atomic E-state index is 0.234. The van der Waals surface area contributed by atoms with E-state index in [1.807, 2.05) is 0 Å². The summed E-state index contributed by atoms with van der Waals surface area (Å²) in [4.78, 5) is 6.39. The minimum absolute atomic E-state index is 0.234. The first kappa shape index (κ1) is 16.9. The van der Waals surface area contributed by atoms with Crippen LogP contribution in [0.3, 0.4) is 0 Å². The molecule has 1 aromatic heterocycles. The summed E-state index contributed by atoms with van der Waals surface area (Å²) in [6, 6.07) is 26.6. The van der Waals surface area contributed by atoms with Crippen LogP contribution in [0.15, 0.2) is 72.8 Å². The van der Waals surface area contributed by atoms with Crippen LogP contribution in [-0.2, 0) is 19.4 Å². The van der Waals surface area contributed by atoms with Gasteiger partial charge in [0.15, 0.2) is 0 Å². The Hall–Kier alpha value is -3.04. The lowest BCUT2D eigenvalue weighted by Gasteiger charge is -2.36. The molecule has 0 saturated heterocycles. The Labute approximate surface area is 170 Å². The summed E-state index contributed by atoms with van der Waals surface area (Å²) >= 11 is 0. The number of H-pyrrole nitrogens is 1. The maximum absolute atomic E-state index is 5.76. The molecule has 0 fully saturated rings. The molecule has 2 aliphatic rings. The first-order chi connectivity index (χ1) is 14.4. The molecule has 0 spiro atoms. The van der Waals surface area contributed by atoms with Gasteiger partial charge in [0.05, 0.1) is 12.6 Å². The van der Waals surface area contributed by atoms with E-state index in [4.69, 9.17) is 4.74 Å². The zero-order chi connectivity index (χ0) is 19.2. The van der Waals surface area contributed by atoms with Gasteiger partial charge < -0.3 is 9.72 Å². The summed E-state index contributed by atoms with van der Waals surface area (Å²) in [6.07, 6.45) is 2.09. The predicted molar refractivity (Wildman–Crippen MR) is 116 cm³/mol. The SMILES string of the molecule is c1ccc(CN2CCc3c([nH]c4ccccc34)C2c2ccc3c(c2)CCO3)cc1. The summed E-state index contributed by atoms with van der Waals surface area (Å²) < 4.78 is 5.76. The maximum atomic E-state index is 5.76. The van der Waals surface area contributed by atoms with Gasteiger partial charge in [-0.15, -0.1) is 0 Å². The Balaban J connectivity index is 1.48. The lowest BCUT2D eigenvalue weighted by atomic mass is 9.91. The number of hydrogen-bond acceptors (Lipinski definition) is 2. The van der Waals surface area contributed by atoms with E-state index < -0.39 is 0 Å². The van der Waals surface area contributed by atoms with Gasteiger partial charge in [-0.2, -0.15) is 0 Å². The molecular weight excluding hydrogens is 356 g/mol. The molecule has 6 rings (SSSR count). The monoisotopic (exact) mass is 380 g/mol. The van der Waals surface area contributed by atoms with Crippen molar-refractivity contribution in [2.75, 3.05) is 13.2 Å². The number of aromatic amines is 1. The van der Waals surface area contributed by atoms with Gasteiger partial charge in [0.25, 0.3) is 0 Å². The normalized spacial score (nSPS) is 18.4. The van der Waals surface area contributed by atoms with E-state index in [1.54, 1.807) is 0 Å². The fraction of sp³-hybridized carbons (Fsp3) is 0.231. The lowest BCUT2D eigenvalue weighted by molar-refractivity contribution is 0.202. The molecule has 144 valence electrons. The van der Waals surface area contributed by atoms with Crippen molar-refractivity contribution in [3.63, 3.8) is 0 Å². The second-order valence-corrected chi connectivity index (χ2v) is 8.14. The third kappa shape index (κ3) is 2.85. The molecule has 0 saturated carbocycles. The Morgan fingerprint density at radius 2 is 1.79 bits per heavy atom. The molecule has 2 aliphatic heterocycles. The van der Waals surface area contributed by atoms with Crippen LogP contribution in [0.1, 0.15) is 34.0 Å². The summed E-state index contributed by atoms with van der Waals surface area (Å²) in [5.41, 5.74) is 8.14. The first-order valence-corrected chi connectivity index (χ1v) is 10.5. The molecule has 3 heteroatoms. The van der Waals surface area contributed by atoms with Gasteiger partial charge >= 0.3 is 0 Å². The molecule has 1 atom stereocenters. The second-order valence-electron chi connectivity index (χ2n) is 8.14. The topological polar surface area (TPSA) is 28.3 Å². The molecule has 3 heterocycles. The van der Waals surface area contributed by atoms with E-state index in [9.17, 15) is 0 Å². The Kier molecular flexibility index (Phi) is 3.95. The molecule has 0 amide bonds. The maximum Gasteiger partial charge on any atom is 0.122 e. The molecule has 3 nitrogen and oxygen atoms in total. The number of ether oxygens (including phenoxy) is 1. The average Bonchev–Trinajstić information content (AvgIpc) is 3.38. The number of nitrogens with one attached hydrogen (secondary N) is 1. The van der Waals surface area contributed by atoms with Gasteiger partial charge in [0.2, 0.25) is 0 Å². The van der Waals surface area contributed by atoms with E-state index in [-0.39, 0.29) is 6.04 Å². The molecule has 29 heavy (non-hydrogen) atoms. The standard InChI is InChI=1S/C26H24N2O/c1-2-6-18(7-3-1)17-28-14-12-22-21-8-4-5-9-23(21)27-25(22)26(28)20-10-11-24-19(16-20)13-15-29-24/h1-11,16,26-27H,12-15,17H2. The fourth-order valence-electron chi connectivity index (χ4n) is 5.03. The van der Waals surface area contributed by atoms with Gasteiger partial charge in [0, 0.05) is 36.1 Å². The number of benzene rings is 3. The van der Waals surface area contributed by atoms with Crippen LogP contribution in [0, 0.1) is 0 Å². The Morgan fingerprint density at radius 3 is 2.72 bits per heavy atom. The molecule has 0 bridgehead atoms. The highest BCUT2D eigenvalue weighted by molar-refractivity contribution is 5.85. The first-order valence-electron chi connectivity index (χ1n) is 10.5. The number of aromatic nitrogens is 1. The molecule has 1 N–H and O–H groups in total. The zero-order valence-electron chi connectivity index (χ0n) is 16.4. The van der Waals surface area contributed by atoms with Crippen LogP contribution >= 0.6 is 0 Å². The third-order valence-electron chi connectivity index (χ3n) is 6.39. The molecule has 1 unspecified atom stereocenters. The smallest absolute Gasteiger partial charge is 0.122 e. The van der Waals surface area contributed by atoms with Gasteiger partial charge in [-0.3, -0.25) is 4.90 Å². The van der Waals surface area contributed by atoms with E-state index in [0.29, 0.717) is 0 Å². The number of hydrogen-bond donors (Lipinski definition) is 1. The van der Waals surface area contributed by atoms with Gasteiger partial charge in [-0.1, -0.05) is 60.7 Å². The van der Waals surface area contributed by atoms with Crippen LogP contribution in [0.25, 0.3) is 10.9 Å². The Bertz CT molecular complexity index is 1180. The summed E-state index contributed by atoms with van der Waals surface area (Å²) in [5, 5.41) is 1.37. The van der Waals surface area contributed by atoms with E-state index in [0.717, 1.165) is 38.3 Å². The van der Waals surface area contributed by atoms with Crippen LogP contribution in [0.2, 0.25) is 0 Å². The van der Waals surface area contributed by atoms with Gasteiger partial charge in [-0.25, -0.2) is 0 Å². The van der Waals surface area contributed by atoms with Crippen molar-refractivity contribution in [1.29, 1.82) is 0 Å². The van der Waals surface area contributed by atoms with E-state index in [1.165, 1.54) is 38.9 Å². The van der Waals surface area contributed by atoms with Gasteiger partial charge in [-0.05, 0) is 40.8 Å². The van der Waals surface area contributed by atoms with Crippen LogP contribution in [0.4, 0.5) is 0 Å². The van der Waals surface area contributed by atoms with Crippen LogP contribution < -0.4 is 4.74 Å². The van der Waals surface area contributed by atoms with E-state index >= 15 is 0 Å². The molecular formula is C26H24N2O. The number of nitrogens with zero attached hydrogens (tertiary/aromatic N) is 1. The summed E-state index contributed by atoms with van der Waals surface area (Å²) in [5.74, 6) is 1.05. The van der Waals surface area contributed by atoms with Crippen molar-refractivity contribution in [3.05, 3.63) is 101 Å². The van der Waals surface area contributed by atoms with Crippen molar-refractivity contribution in [2.24, 2.45) is 0 Å².